The Morgan fingerprint density at radius 1 is 1.33 bits per heavy atom. The van der Waals surface area contributed by atoms with Crippen molar-refractivity contribution in [2.75, 3.05) is 12.4 Å². The highest BCUT2D eigenvalue weighted by Gasteiger charge is 2.03. The van der Waals surface area contributed by atoms with Crippen molar-refractivity contribution in [3.05, 3.63) is 35.4 Å². The molecule has 2 rings (SSSR count). The molecule has 1 heteroatoms. The highest BCUT2D eigenvalue weighted by Crippen LogP contribution is 2.22. The van der Waals surface area contributed by atoms with Gasteiger partial charge in [0.05, 0.1) is 0 Å². The van der Waals surface area contributed by atoms with E-state index >= 15 is 0 Å². The second kappa shape index (κ2) is 3.02. The van der Waals surface area contributed by atoms with E-state index in [1.807, 2.05) is 7.05 Å². The van der Waals surface area contributed by atoms with E-state index in [-0.39, 0.29) is 0 Å². The molecule has 1 nitrogen and oxygen atoms in total. The van der Waals surface area contributed by atoms with Crippen LogP contribution in [0.3, 0.4) is 0 Å². The molecule has 0 heterocycles. The second-order valence-corrected chi connectivity index (χ2v) is 3.10. The highest BCUT2D eigenvalue weighted by molar-refractivity contribution is 5.62. The van der Waals surface area contributed by atoms with Gasteiger partial charge in [0.15, 0.2) is 0 Å². The first kappa shape index (κ1) is 7.41. The molecule has 0 fully saturated rings. The number of nitrogens with one attached hydrogen (secondary N) is 1. The minimum absolute atomic E-state index is 1.19. The van der Waals surface area contributed by atoms with E-state index in [2.05, 4.69) is 35.7 Å². The van der Waals surface area contributed by atoms with Gasteiger partial charge in [0.25, 0.3) is 0 Å². The quantitative estimate of drug-likeness (QED) is 0.664. The predicted molar refractivity (Wildman–Crippen MR) is 53.3 cm³/mol. The van der Waals surface area contributed by atoms with Crippen LogP contribution in [-0.2, 0) is 6.42 Å². The molecule has 0 unspecified atom stereocenters. The first-order chi connectivity index (χ1) is 5.90. The van der Waals surface area contributed by atoms with Gasteiger partial charge in [-0.3, -0.25) is 0 Å². The summed E-state index contributed by atoms with van der Waals surface area (Å²) in [5, 5.41) is 3.14. The third-order valence-corrected chi connectivity index (χ3v) is 2.31. The number of rotatable bonds is 1. The minimum atomic E-state index is 1.19. The molecule has 12 heavy (non-hydrogen) atoms. The van der Waals surface area contributed by atoms with Crippen LogP contribution in [-0.4, -0.2) is 7.05 Å². The molecule has 1 aliphatic carbocycles. The van der Waals surface area contributed by atoms with Crippen molar-refractivity contribution < 1.29 is 0 Å². The molecule has 1 N–H and O–H groups in total. The van der Waals surface area contributed by atoms with Crippen molar-refractivity contribution in [2.24, 2.45) is 0 Å². The molecular formula is C11H13N. The zero-order chi connectivity index (χ0) is 8.39. The lowest BCUT2D eigenvalue weighted by molar-refractivity contribution is 0.986. The first-order valence-corrected chi connectivity index (χ1v) is 4.37. The third-order valence-electron chi connectivity index (χ3n) is 2.31. The summed E-state index contributed by atoms with van der Waals surface area (Å²) < 4.78 is 0. The molecular weight excluding hydrogens is 146 g/mol. The smallest absolute Gasteiger partial charge is 0.0343 e. The van der Waals surface area contributed by atoms with E-state index < -0.39 is 0 Å². The first-order valence-electron chi connectivity index (χ1n) is 4.37. The van der Waals surface area contributed by atoms with E-state index in [9.17, 15) is 0 Å². The Hall–Kier alpha value is -1.24. The summed E-state index contributed by atoms with van der Waals surface area (Å²) >= 11 is 0. The van der Waals surface area contributed by atoms with Crippen LogP contribution in [0.1, 0.15) is 17.5 Å². The van der Waals surface area contributed by atoms with Crippen molar-refractivity contribution >= 4 is 11.8 Å². The standard InChI is InChI=1S/C11H13N/c1-12-11-7-6-9-4-2-3-5-10(9)8-11/h3,5-8,12H,2,4H2,1H3. The predicted octanol–water partition coefficient (Wildman–Crippen LogP) is 2.69. The molecule has 0 aliphatic heterocycles. The lowest BCUT2D eigenvalue weighted by Gasteiger charge is -2.11. The normalized spacial score (nSPS) is 14.1. The number of anilines is 1. The SMILES string of the molecule is CNc1ccc2c(c1)C=CCC2. The largest absolute Gasteiger partial charge is 0.388 e. The lowest BCUT2D eigenvalue weighted by Crippen LogP contribution is -1.95. The molecule has 0 radical (unpaired) electrons. The van der Waals surface area contributed by atoms with Gasteiger partial charge in [-0.15, -0.1) is 0 Å². The van der Waals surface area contributed by atoms with Gasteiger partial charge in [-0.2, -0.15) is 0 Å². The monoisotopic (exact) mass is 159 g/mol. The number of allylic oxidation sites excluding steroid dienone is 1. The van der Waals surface area contributed by atoms with Gasteiger partial charge in [-0.05, 0) is 36.1 Å². The fourth-order valence-corrected chi connectivity index (χ4v) is 1.58. The van der Waals surface area contributed by atoms with Crippen LogP contribution < -0.4 is 5.32 Å². The maximum atomic E-state index is 3.14. The van der Waals surface area contributed by atoms with Gasteiger partial charge >= 0.3 is 0 Å². The molecule has 0 amide bonds. The van der Waals surface area contributed by atoms with Crippen LogP contribution >= 0.6 is 0 Å². The van der Waals surface area contributed by atoms with Crippen LogP contribution in [0.2, 0.25) is 0 Å². The molecule has 1 aliphatic rings. The van der Waals surface area contributed by atoms with Gasteiger partial charge in [-0.1, -0.05) is 18.2 Å². The van der Waals surface area contributed by atoms with E-state index in [1.54, 1.807) is 0 Å². The van der Waals surface area contributed by atoms with Crippen molar-refractivity contribution in [2.45, 2.75) is 12.8 Å². The average molecular weight is 159 g/mol. The van der Waals surface area contributed by atoms with Gasteiger partial charge in [0.2, 0.25) is 0 Å². The Morgan fingerprint density at radius 3 is 3.08 bits per heavy atom. The number of fused-ring (bicyclic) bond motifs is 1. The zero-order valence-electron chi connectivity index (χ0n) is 7.30. The van der Waals surface area contributed by atoms with E-state index in [4.69, 9.17) is 0 Å². The molecule has 1 aromatic rings. The Balaban J connectivity index is 2.44. The molecule has 1 aromatic carbocycles. The van der Waals surface area contributed by atoms with Crippen molar-refractivity contribution in [1.29, 1.82) is 0 Å². The Kier molecular flexibility index (Phi) is 1.86. The molecule has 0 saturated heterocycles. The lowest BCUT2D eigenvalue weighted by atomic mass is 9.97. The maximum Gasteiger partial charge on any atom is 0.0343 e. The van der Waals surface area contributed by atoms with E-state index in [0.717, 1.165) is 0 Å². The summed E-state index contributed by atoms with van der Waals surface area (Å²) in [4.78, 5) is 0. The van der Waals surface area contributed by atoms with Crippen LogP contribution in [0.25, 0.3) is 6.08 Å². The maximum absolute atomic E-state index is 3.14. The van der Waals surface area contributed by atoms with Crippen LogP contribution in [0, 0.1) is 0 Å². The summed E-state index contributed by atoms with van der Waals surface area (Å²) in [7, 11) is 1.95. The highest BCUT2D eigenvalue weighted by atomic mass is 14.8. The third kappa shape index (κ3) is 1.22. The van der Waals surface area contributed by atoms with E-state index in [0.29, 0.717) is 0 Å². The molecule has 0 spiro atoms. The van der Waals surface area contributed by atoms with Crippen LogP contribution in [0.4, 0.5) is 5.69 Å². The molecule has 0 aromatic heterocycles. The molecule has 62 valence electrons. The number of hydrogen-bond donors (Lipinski definition) is 1. The fourth-order valence-electron chi connectivity index (χ4n) is 1.58. The molecule has 0 atom stereocenters. The van der Waals surface area contributed by atoms with E-state index in [1.165, 1.54) is 29.7 Å². The van der Waals surface area contributed by atoms with Gasteiger partial charge in [0, 0.05) is 12.7 Å². The van der Waals surface area contributed by atoms with Crippen molar-refractivity contribution in [3.63, 3.8) is 0 Å². The van der Waals surface area contributed by atoms with Crippen LogP contribution in [0.15, 0.2) is 24.3 Å². The Labute approximate surface area is 73.1 Å². The number of hydrogen-bond acceptors (Lipinski definition) is 1. The summed E-state index contributed by atoms with van der Waals surface area (Å²) in [5.41, 5.74) is 4.03. The van der Waals surface area contributed by atoms with Gasteiger partial charge in [0.1, 0.15) is 0 Å². The second-order valence-electron chi connectivity index (χ2n) is 3.10. The van der Waals surface area contributed by atoms with Crippen LogP contribution in [0.5, 0.6) is 0 Å². The summed E-state index contributed by atoms with van der Waals surface area (Å²) in [6, 6.07) is 6.55. The van der Waals surface area contributed by atoms with Crippen molar-refractivity contribution in [3.8, 4) is 0 Å². The Morgan fingerprint density at radius 2 is 2.25 bits per heavy atom. The van der Waals surface area contributed by atoms with Gasteiger partial charge < -0.3 is 5.32 Å². The van der Waals surface area contributed by atoms with Crippen molar-refractivity contribution in [1.82, 2.24) is 0 Å². The fraction of sp³-hybridized carbons (Fsp3) is 0.273. The average Bonchev–Trinajstić information content (AvgIpc) is 2.17. The molecule has 0 saturated carbocycles. The molecule has 0 bridgehead atoms. The number of benzene rings is 1. The topological polar surface area (TPSA) is 12.0 Å². The number of aryl methyl sites for hydroxylation is 1. The summed E-state index contributed by atoms with van der Waals surface area (Å²) in [6.45, 7) is 0. The Bertz CT molecular complexity index is 313. The summed E-state index contributed by atoms with van der Waals surface area (Å²) in [5.74, 6) is 0. The zero-order valence-corrected chi connectivity index (χ0v) is 7.30. The summed E-state index contributed by atoms with van der Waals surface area (Å²) in [6.07, 6.45) is 6.82. The van der Waals surface area contributed by atoms with Gasteiger partial charge in [-0.25, -0.2) is 0 Å². The minimum Gasteiger partial charge on any atom is -0.388 e.